The number of aryl methyl sites for hydroxylation is 2. The van der Waals surface area contributed by atoms with Gasteiger partial charge in [-0.15, -0.1) is 0 Å². The van der Waals surface area contributed by atoms with E-state index in [9.17, 15) is 4.79 Å². The lowest BCUT2D eigenvalue weighted by Gasteiger charge is -2.10. The Morgan fingerprint density at radius 2 is 2.20 bits per heavy atom. The minimum Gasteiger partial charge on any atom is -0.468 e. The predicted octanol–water partition coefficient (Wildman–Crippen LogP) is 2.96. The molecular weight excluding hydrogens is 250 g/mol. The fourth-order valence-corrected chi connectivity index (χ4v) is 2.77. The third-order valence-electron chi connectivity index (χ3n) is 3.79. The Bertz CT molecular complexity index is 716. The summed E-state index contributed by atoms with van der Waals surface area (Å²) >= 11 is 0. The average Bonchev–Trinajstić information content (AvgIpc) is 2.85. The second-order valence-corrected chi connectivity index (χ2v) is 5.10. The normalized spacial score (nSPS) is 13.4. The molecule has 1 aromatic heterocycles. The molecule has 0 spiro atoms. The van der Waals surface area contributed by atoms with Crippen molar-refractivity contribution in [3.8, 4) is 11.8 Å². The Balaban J connectivity index is 1.92. The minimum atomic E-state index is -0.294. The topological polar surface area (TPSA) is 42.1 Å². The van der Waals surface area contributed by atoms with Crippen molar-refractivity contribution in [1.82, 2.24) is 4.98 Å². The number of fused-ring (bicyclic) bond motifs is 3. The number of aromatic amines is 1. The molecule has 0 amide bonds. The van der Waals surface area contributed by atoms with E-state index in [0.29, 0.717) is 0 Å². The molecule has 2 aromatic rings. The van der Waals surface area contributed by atoms with Crippen molar-refractivity contribution in [2.45, 2.75) is 32.1 Å². The number of hydrogen-bond acceptors (Lipinski definition) is 2. The van der Waals surface area contributed by atoms with Crippen LogP contribution in [0.3, 0.4) is 0 Å². The quantitative estimate of drug-likeness (QED) is 0.637. The summed E-state index contributed by atoms with van der Waals surface area (Å²) in [4.78, 5) is 14.5. The van der Waals surface area contributed by atoms with Gasteiger partial charge in [-0.3, -0.25) is 4.79 Å². The van der Waals surface area contributed by atoms with E-state index >= 15 is 0 Å². The Hall–Kier alpha value is -2.21. The van der Waals surface area contributed by atoms with Crippen molar-refractivity contribution in [3.05, 3.63) is 35.0 Å². The first-order valence-electron chi connectivity index (χ1n) is 6.97. The van der Waals surface area contributed by atoms with Crippen molar-refractivity contribution < 1.29 is 9.53 Å². The zero-order chi connectivity index (χ0) is 13.9. The van der Waals surface area contributed by atoms with Gasteiger partial charge in [-0.25, -0.2) is 0 Å². The molecule has 1 aliphatic rings. The highest BCUT2D eigenvalue weighted by atomic mass is 16.5. The number of H-pyrrole nitrogens is 1. The molecule has 1 heterocycles. The van der Waals surface area contributed by atoms with Gasteiger partial charge in [-0.1, -0.05) is 11.8 Å². The summed E-state index contributed by atoms with van der Waals surface area (Å²) in [6.07, 6.45) is 4.96. The smallest absolute Gasteiger partial charge is 0.317 e. The molecule has 3 nitrogen and oxygen atoms in total. The fourth-order valence-electron chi connectivity index (χ4n) is 2.77. The van der Waals surface area contributed by atoms with E-state index in [-0.39, 0.29) is 12.4 Å². The monoisotopic (exact) mass is 267 g/mol. The number of carbonyl (C=O) groups excluding carboxylic acids is 1. The number of aromatic nitrogens is 1. The van der Waals surface area contributed by atoms with Crippen LogP contribution in [0.2, 0.25) is 0 Å². The number of carbonyl (C=O) groups is 1. The number of ether oxygens (including phenoxy) is 1. The van der Waals surface area contributed by atoms with Crippen molar-refractivity contribution in [1.29, 1.82) is 0 Å². The molecule has 1 aromatic carbocycles. The van der Waals surface area contributed by atoms with Gasteiger partial charge < -0.3 is 9.72 Å². The van der Waals surface area contributed by atoms with Gasteiger partial charge in [-0.05, 0) is 49.4 Å². The standard InChI is InChI=1S/C17H17NO2/c1-20-17(19)8-4-5-12-9-10-16-14(11-12)13-6-2-3-7-15(13)18-16/h9-11,18H,2-3,6-8H2,1H3. The van der Waals surface area contributed by atoms with E-state index in [2.05, 4.69) is 33.7 Å². The first-order valence-corrected chi connectivity index (χ1v) is 6.97. The van der Waals surface area contributed by atoms with E-state index in [1.54, 1.807) is 0 Å². The van der Waals surface area contributed by atoms with Gasteiger partial charge in [0.15, 0.2) is 0 Å². The summed E-state index contributed by atoms with van der Waals surface area (Å²) in [6, 6.07) is 6.20. The van der Waals surface area contributed by atoms with Crippen molar-refractivity contribution in [2.75, 3.05) is 7.11 Å². The third-order valence-corrected chi connectivity index (χ3v) is 3.79. The first-order chi connectivity index (χ1) is 9.78. The van der Waals surface area contributed by atoms with Crippen molar-refractivity contribution >= 4 is 16.9 Å². The summed E-state index contributed by atoms with van der Waals surface area (Å²) in [5, 5.41) is 1.28. The highest BCUT2D eigenvalue weighted by Gasteiger charge is 2.14. The molecule has 3 heteroatoms. The molecule has 0 saturated heterocycles. The van der Waals surface area contributed by atoms with Crippen LogP contribution in [0.4, 0.5) is 0 Å². The van der Waals surface area contributed by atoms with Gasteiger partial charge in [0.05, 0.1) is 7.11 Å². The molecule has 0 fully saturated rings. The predicted molar refractivity (Wildman–Crippen MR) is 78.5 cm³/mol. The highest BCUT2D eigenvalue weighted by molar-refractivity contribution is 5.86. The van der Waals surface area contributed by atoms with Crippen molar-refractivity contribution in [2.24, 2.45) is 0 Å². The van der Waals surface area contributed by atoms with Gasteiger partial charge in [0.2, 0.25) is 0 Å². The maximum absolute atomic E-state index is 11.0. The van der Waals surface area contributed by atoms with Gasteiger partial charge >= 0.3 is 5.97 Å². The Morgan fingerprint density at radius 1 is 1.35 bits per heavy atom. The minimum absolute atomic E-state index is 0.139. The van der Waals surface area contributed by atoms with Crippen LogP contribution < -0.4 is 0 Å². The van der Waals surface area contributed by atoms with Gasteiger partial charge in [0.1, 0.15) is 6.42 Å². The zero-order valence-corrected chi connectivity index (χ0v) is 11.6. The van der Waals surface area contributed by atoms with Crippen molar-refractivity contribution in [3.63, 3.8) is 0 Å². The maximum Gasteiger partial charge on any atom is 0.317 e. The van der Waals surface area contributed by atoms with Crippen LogP contribution in [0.5, 0.6) is 0 Å². The lowest BCUT2D eigenvalue weighted by atomic mass is 9.95. The molecule has 3 rings (SSSR count). The van der Waals surface area contributed by atoms with Crippen LogP contribution in [0.1, 0.15) is 36.1 Å². The Labute approximate surface area is 118 Å². The zero-order valence-electron chi connectivity index (χ0n) is 11.6. The third kappa shape index (κ3) is 2.42. The number of rotatable bonds is 1. The molecule has 0 aliphatic heterocycles. The van der Waals surface area contributed by atoms with E-state index < -0.39 is 0 Å². The Morgan fingerprint density at radius 3 is 3.05 bits per heavy atom. The largest absolute Gasteiger partial charge is 0.468 e. The first kappa shape index (κ1) is 12.8. The number of benzene rings is 1. The van der Waals surface area contributed by atoms with E-state index in [1.165, 1.54) is 42.1 Å². The lowest BCUT2D eigenvalue weighted by molar-refractivity contribution is -0.139. The Kier molecular flexibility index (Phi) is 3.47. The van der Waals surface area contributed by atoms with Crippen LogP contribution in [-0.4, -0.2) is 18.1 Å². The molecular formula is C17H17NO2. The second-order valence-electron chi connectivity index (χ2n) is 5.10. The molecule has 0 unspecified atom stereocenters. The van der Waals surface area contributed by atoms with Gasteiger partial charge in [0.25, 0.3) is 0 Å². The number of hydrogen-bond donors (Lipinski definition) is 1. The molecule has 102 valence electrons. The highest BCUT2D eigenvalue weighted by Crippen LogP contribution is 2.29. The number of esters is 1. The van der Waals surface area contributed by atoms with Gasteiger partial charge in [0, 0.05) is 22.2 Å². The number of nitrogens with one attached hydrogen (secondary N) is 1. The van der Waals surface area contributed by atoms with E-state index in [1.807, 2.05) is 6.07 Å². The van der Waals surface area contributed by atoms with E-state index in [0.717, 1.165) is 18.4 Å². The average molecular weight is 267 g/mol. The second kappa shape index (κ2) is 5.42. The maximum atomic E-state index is 11.0. The van der Waals surface area contributed by atoms with Crippen LogP contribution in [0.15, 0.2) is 18.2 Å². The SMILES string of the molecule is COC(=O)CC#Cc1ccc2[nH]c3c(c2c1)CCCC3. The number of methoxy groups -OCH3 is 1. The van der Waals surface area contributed by atoms with Crippen LogP contribution >= 0.6 is 0 Å². The molecule has 20 heavy (non-hydrogen) atoms. The molecule has 0 saturated carbocycles. The molecule has 0 radical (unpaired) electrons. The summed E-state index contributed by atoms with van der Waals surface area (Å²) in [5.74, 6) is 5.59. The summed E-state index contributed by atoms with van der Waals surface area (Å²) < 4.78 is 4.57. The van der Waals surface area contributed by atoms with Crippen LogP contribution in [0, 0.1) is 11.8 Å². The molecule has 1 aliphatic carbocycles. The van der Waals surface area contributed by atoms with Crippen LogP contribution in [-0.2, 0) is 22.4 Å². The van der Waals surface area contributed by atoms with E-state index in [4.69, 9.17) is 0 Å². The lowest BCUT2D eigenvalue weighted by Crippen LogP contribution is -1.99. The fraction of sp³-hybridized carbons (Fsp3) is 0.353. The summed E-state index contributed by atoms with van der Waals surface area (Å²) in [7, 11) is 1.38. The summed E-state index contributed by atoms with van der Waals surface area (Å²) in [6.45, 7) is 0. The molecule has 0 atom stereocenters. The van der Waals surface area contributed by atoms with Crippen LogP contribution in [0.25, 0.3) is 10.9 Å². The van der Waals surface area contributed by atoms with Gasteiger partial charge in [-0.2, -0.15) is 0 Å². The molecule has 0 bridgehead atoms. The molecule has 1 N–H and O–H groups in total. The summed E-state index contributed by atoms with van der Waals surface area (Å²) in [5.41, 5.74) is 4.97.